The Morgan fingerprint density at radius 3 is 2.91 bits per heavy atom. The first-order chi connectivity index (χ1) is 11.2. The van der Waals surface area contributed by atoms with E-state index in [1.54, 1.807) is 43.8 Å². The number of imidazole rings is 1. The fourth-order valence-corrected chi connectivity index (χ4v) is 2.38. The van der Waals surface area contributed by atoms with Gasteiger partial charge in [0, 0.05) is 32.5 Å². The van der Waals surface area contributed by atoms with Gasteiger partial charge in [-0.3, -0.25) is 14.2 Å². The minimum absolute atomic E-state index is 0.122. The van der Waals surface area contributed by atoms with Crippen LogP contribution in [0.3, 0.4) is 0 Å². The Hall–Kier alpha value is -2.96. The van der Waals surface area contributed by atoms with Gasteiger partial charge in [0.05, 0.1) is 17.2 Å². The quantitative estimate of drug-likeness (QED) is 0.711. The van der Waals surface area contributed by atoms with Gasteiger partial charge in [-0.2, -0.15) is 0 Å². The third-order valence-electron chi connectivity index (χ3n) is 3.62. The van der Waals surface area contributed by atoms with Gasteiger partial charge in [0.2, 0.25) is 5.82 Å². The lowest BCUT2D eigenvalue weighted by molar-refractivity contribution is 0.0938. The molecule has 7 nitrogen and oxygen atoms in total. The molecule has 2 heterocycles. The van der Waals surface area contributed by atoms with Crippen molar-refractivity contribution in [1.82, 2.24) is 24.4 Å². The summed E-state index contributed by atoms with van der Waals surface area (Å²) >= 11 is 0. The van der Waals surface area contributed by atoms with Gasteiger partial charge in [-0.05, 0) is 18.6 Å². The molecule has 118 valence electrons. The third-order valence-corrected chi connectivity index (χ3v) is 3.62. The zero-order valence-corrected chi connectivity index (χ0v) is 12.8. The van der Waals surface area contributed by atoms with Gasteiger partial charge in [0.15, 0.2) is 0 Å². The summed E-state index contributed by atoms with van der Waals surface area (Å²) in [5.74, 6) is -0.225. The minimum Gasteiger partial charge on any atom is -0.349 e. The predicted molar refractivity (Wildman–Crippen MR) is 86.2 cm³/mol. The number of amides is 1. The fraction of sp³-hybridized carbons (Fsp3) is 0.250. The van der Waals surface area contributed by atoms with Gasteiger partial charge in [0.25, 0.3) is 11.5 Å². The molecule has 0 fully saturated rings. The summed E-state index contributed by atoms with van der Waals surface area (Å²) in [6, 6.07) is 7.01. The molecule has 3 rings (SSSR count). The number of hydrogen-bond acceptors (Lipinski definition) is 4. The number of fused-ring (bicyclic) bond motifs is 1. The van der Waals surface area contributed by atoms with Crippen LogP contribution in [0.4, 0.5) is 0 Å². The largest absolute Gasteiger partial charge is 0.349 e. The number of para-hydroxylation sites is 1. The van der Waals surface area contributed by atoms with Gasteiger partial charge in [-0.15, -0.1) is 0 Å². The highest BCUT2D eigenvalue weighted by atomic mass is 16.2. The number of hydrogen-bond donors (Lipinski definition) is 1. The number of carbonyl (C=O) groups excluding carboxylic acids is 1. The maximum Gasteiger partial charge on any atom is 0.287 e. The van der Waals surface area contributed by atoms with Crippen LogP contribution in [0.5, 0.6) is 0 Å². The number of nitrogens with zero attached hydrogens (tertiary/aromatic N) is 4. The zero-order chi connectivity index (χ0) is 16.2. The Morgan fingerprint density at radius 1 is 1.30 bits per heavy atom. The van der Waals surface area contributed by atoms with Gasteiger partial charge < -0.3 is 9.88 Å². The number of benzene rings is 1. The molecular weight excluding hydrogens is 294 g/mol. The number of rotatable bonds is 5. The van der Waals surface area contributed by atoms with E-state index < -0.39 is 0 Å². The van der Waals surface area contributed by atoms with Crippen LogP contribution in [0, 0.1) is 0 Å². The highest BCUT2D eigenvalue weighted by Gasteiger charge is 2.14. The summed E-state index contributed by atoms with van der Waals surface area (Å²) in [5, 5.41) is 3.31. The van der Waals surface area contributed by atoms with Crippen molar-refractivity contribution in [3.05, 3.63) is 59.2 Å². The second-order valence-corrected chi connectivity index (χ2v) is 5.23. The Bertz CT molecular complexity index is 883. The van der Waals surface area contributed by atoms with Gasteiger partial charge in [-0.25, -0.2) is 9.97 Å². The van der Waals surface area contributed by atoms with Crippen molar-refractivity contribution < 1.29 is 4.79 Å². The highest BCUT2D eigenvalue weighted by Crippen LogP contribution is 2.07. The lowest BCUT2D eigenvalue weighted by Gasteiger charge is -2.09. The van der Waals surface area contributed by atoms with Crippen LogP contribution in [0.15, 0.2) is 47.8 Å². The zero-order valence-electron chi connectivity index (χ0n) is 12.8. The van der Waals surface area contributed by atoms with Gasteiger partial charge in [0.1, 0.15) is 0 Å². The average Bonchev–Trinajstić information content (AvgIpc) is 3.08. The molecule has 1 aromatic carbocycles. The van der Waals surface area contributed by atoms with Crippen LogP contribution in [0.1, 0.15) is 17.0 Å². The van der Waals surface area contributed by atoms with E-state index in [2.05, 4.69) is 15.3 Å². The molecule has 0 aliphatic carbocycles. The lowest BCUT2D eigenvalue weighted by atomic mass is 10.2. The average molecular weight is 311 g/mol. The van der Waals surface area contributed by atoms with E-state index in [-0.39, 0.29) is 17.3 Å². The normalized spacial score (nSPS) is 10.8. The summed E-state index contributed by atoms with van der Waals surface area (Å²) in [5.41, 5.74) is 0.304. The van der Waals surface area contributed by atoms with Crippen LogP contribution in [0.2, 0.25) is 0 Å². The molecule has 23 heavy (non-hydrogen) atoms. The summed E-state index contributed by atoms with van der Waals surface area (Å²) in [7, 11) is 1.56. The summed E-state index contributed by atoms with van der Waals surface area (Å²) in [6.45, 7) is 1.27. The molecule has 1 amide bonds. The van der Waals surface area contributed by atoms with Gasteiger partial charge >= 0.3 is 0 Å². The summed E-state index contributed by atoms with van der Waals surface area (Å²) in [4.78, 5) is 32.8. The van der Waals surface area contributed by atoms with E-state index >= 15 is 0 Å². The van der Waals surface area contributed by atoms with Crippen molar-refractivity contribution >= 4 is 16.8 Å². The number of aryl methyl sites for hydroxylation is 1. The molecule has 7 heteroatoms. The smallest absolute Gasteiger partial charge is 0.287 e. The van der Waals surface area contributed by atoms with Crippen molar-refractivity contribution in [3.63, 3.8) is 0 Å². The van der Waals surface area contributed by atoms with E-state index in [1.807, 2.05) is 10.8 Å². The van der Waals surface area contributed by atoms with E-state index in [4.69, 9.17) is 0 Å². The van der Waals surface area contributed by atoms with Crippen LogP contribution >= 0.6 is 0 Å². The van der Waals surface area contributed by atoms with Crippen molar-refractivity contribution in [2.75, 3.05) is 6.54 Å². The Labute approximate surface area is 132 Å². The van der Waals surface area contributed by atoms with Crippen molar-refractivity contribution in [2.45, 2.75) is 13.0 Å². The van der Waals surface area contributed by atoms with E-state index in [1.165, 1.54) is 4.57 Å². The topological polar surface area (TPSA) is 81.8 Å². The van der Waals surface area contributed by atoms with Crippen LogP contribution in [-0.2, 0) is 13.6 Å². The highest BCUT2D eigenvalue weighted by molar-refractivity contribution is 5.92. The van der Waals surface area contributed by atoms with E-state index in [0.29, 0.717) is 17.4 Å². The first kappa shape index (κ1) is 15.0. The maximum absolute atomic E-state index is 12.3. The fourth-order valence-electron chi connectivity index (χ4n) is 2.38. The standard InChI is InChI=1S/C16H17N5O2/c1-20-14(19-13-6-3-2-5-12(13)16(20)23)15(22)18-7-4-9-21-10-8-17-11-21/h2-3,5-6,8,10-11H,4,7,9H2,1H3,(H,18,22). The summed E-state index contributed by atoms with van der Waals surface area (Å²) < 4.78 is 3.23. The first-order valence-electron chi connectivity index (χ1n) is 7.36. The number of nitrogens with one attached hydrogen (secondary N) is 1. The summed E-state index contributed by atoms with van der Waals surface area (Å²) in [6.07, 6.45) is 6.09. The second-order valence-electron chi connectivity index (χ2n) is 5.23. The molecule has 1 N–H and O–H groups in total. The molecule has 0 bridgehead atoms. The van der Waals surface area contributed by atoms with E-state index in [9.17, 15) is 9.59 Å². The monoisotopic (exact) mass is 311 g/mol. The molecule has 3 aromatic rings. The molecule has 0 unspecified atom stereocenters. The SMILES string of the molecule is Cn1c(C(=O)NCCCn2ccnc2)nc2ccccc2c1=O. The van der Waals surface area contributed by atoms with E-state index in [0.717, 1.165) is 13.0 Å². The van der Waals surface area contributed by atoms with Crippen molar-refractivity contribution in [2.24, 2.45) is 7.05 Å². The molecular formula is C16H17N5O2. The molecule has 0 aliphatic heterocycles. The van der Waals surface area contributed by atoms with Gasteiger partial charge in [-0.1, -0.05) is 12.1 Å². The second kappa shape index (κ2) is 6.43. The number of aromatic nitrogens is 4. The molecule has 0 spiro atoms. The maximum atomic E-state index is 12.3. The van der Waals surface area contributed by atoms with Crippen molar-refractivity contribution in [1.29, 1.82) is 0 Å². The lowest BCUT2D eigenvalue weighted by Crippen LogP contribution is -2.33. The predicted octanol–water partition coefficient (Wildman–Crippen LogP) is 0.950. The van der Waals surface area contributed by atoms with Crippen LogP contribution in [-0.4, -0.2) is 31.6 Å². The Kier molecular flexibility index (Phi) is 4.18. The number of carbonyl (C=O) groups is 1. The molecule has 0 radical (unpaired) electrons. The minimum atomic E-state index is -0.346. The molecule has 0 saturated carbocycles. The Morgan fingerprint density at radius 2 is 2.13 bits per heavy atom. The third kappa shape index (κ3) is 3.13. The van der Waals surface area contributed by atoms with Crippen molar-refractivity contribution in [3.8, 4) is 0 Å². The molecule has 0 aliphatic rings. The van der Waals surface area contributed by atoms with Crippen LogP contribution in [0.25, 0.3) is 10.9 Å². The Balaban J connectivity index is 1.70. The molecule has 2 aromatic heterocycles. The van der Waals surface area contributed by atoms with Crippen LogP contribution < -0.4 is 10.9 Å². The first-order valence-corrected chi connectivity index (χ1v) is 7.36. The molecule has 0 atom stereocenters. The molecule has 0 saturated heterocycles.